The summed E-state index contributed by atoms with van der Waals surface area (Å²) in [5, 5.41) is 0.0885. The maximum Gasteiger partial charge on any atom is 0.211 e. The SMILES string of the molecule is CCCn1cc(S(=O)(=O)c2cccc(C)c2)c(=O)c2cc(F)c(N3CCN(CC)CC3)cc21. The molecule has 8 heteroatoms. The average molecular weight is 472 g/mol. The van der Waals surface area contributed by atoms with Crippen LogP contribution in [0.2, 0.25) is 0 Å². The monoisotopic (exact) mass is 471 g/mol. The van der Waals surface area contributed by atoms with Gasteiger partial charge >= 0.3 is 0 Å². The molecule has 2 heterocycles. The number of benzene rings is 2. The van der Waals surface area contributed by atoms with Crippen molar-refractivity contribution in [2.75, 3.05) is 37.6 Å². The molecule has 0 N–H and O–H groups in total. The number of anilines is 1. The van der Waals surface area contributed by atoms with Crippen molar-refractivity contribution >= 4 is 26.4 Å². The molecule has 1 aliphatic heterocycles. The van der Waals surface area contributed by atoms with E-state index in [1.165, 1.54) is 18.3 Å². The van der Waals surface area contributed by atoms with Crippen LogP contribution >= 0.6 is 0 Å². The maximum atomic E-state index is 15.2. The first kappa shape index (κ1) is 23.4. The Morgan fingerprint density at radius 3 is 2.39 bits per heavy atom. The van der Waals surface area contributed by atoms with Crippen molar-refractivity contribution in [2.24, 2.45) is 0 Å². The van der Waals surface area contributed by atoms with Gasteiger partial charge in [0.2, 0.25) is 15.3 Å². The number of fused-ring (bicyclic) bond motifs is 1. The van der Waals surface area contributed by atoms with E-state index < -0.39 is 21.1 Å². The molecule has 1 aliphatic rings. The topological polar surface area (TPSA) is 62.6 Å². The van der Waals surface area contributed by atoms with E-state index in [1.54, 1.807) is 35.8 Å². The highest BCUT2D eigenvalue weighted by Crippen LogP contribution is 2.28. The molecule has 0 atom stereocenters. The molecule has 0 bridgehead atoms. The number of piperazine rings is 1. The zero-order valence-corrected chi connectivity index (χ0v) is 20.2. The lowest BCUT2D eigenvalue weighted by Gasteiger charge is -2.35. The summed E-state index contributed by atoms with van der Waals surface area (Å²) in [4.78, 5) is 17.4. The number of halogens is 1. The zero-order valence-electron chi connectivity index (χ0n) is 19.3. The van der Waals surface area contributed by atoms with Crippen molar-refractivity contribution in [2.45, 2.75) is 43.5 Å². The van der Waals surface area contributed by atoms with Crippen molar-refractivity contribution in [1.82, 2.24) is 9.47 Å². The van der Waals surface area contributed by atoms with E-state index in [0.29, 0.717) is 30.8 Å². The Labute approximate surface area is 194 Å². The van der Waals surface area contributed by atoms with Crippen molar-refractivity contribution < 1.29 is 12.8 Å². The van der Waals surface area contributed by atoms with Gasteiger partial charge in [-0.2, -0.15) is 0 Å². The minimum atomic E-state index is -4.05. The quantitative estimate of drug-likeness (QED) is 0.547. The summed E-state index contributed by atoms with van der Waals surface area (Å²) in [5.41, 5.74) is 1.13. The van der Waals surface area contributed by atoms with Gasteiger partial charge in [0.15, 0.2) is 0 Å². The Morgan fingerprint density at radius 1 is 1.03 bits per heavy atom. The molecule has 3 aromatic rings. The van der Waals surface area contributed by atoms with Gasteiger partial charge in [-0.05, 0) is 49.7 Å². The van der Waals surface area contributed by atoms with Gasteiger partial charge in [-0.1, -0.05) is 26.0 Å². The van der Waals surface area contributed by atoms with Crippen LogP contribution in [0.15, 0.2) is 57.2 Å². The van der Waals surface area contributed by atoms with Gasteiger partial charge in [0.1, 0.15) is 10.7 Å². The number of aromatic nitrogens is 1. The summed E-state index contributed by atoms with van der Waals surface area (Å²) in [6, 6.07) is 9.38. The normalized spacial score (nSPS) is 15.3. The van der Waals surface area contributed by atoms with E-state index in [0.717, 1.165) is 31.6 Å². The Bertz CT molecular complexity index is 1340. The fourth-order valence-corrected chi connectivity index (χ4v) is 5.92. The van der Waals surface area contributed by atoms with Crippen LogP contribution in [0, 0.1) is 12.7 Å². The van der Waals surface area contributed by atoms with Crippen molar-refractivity contribution in [3.05, 3.63) is 64.2 Å². The number of rotatable bonds is 6. The van der Waals surface area contributed by atoms with Crippen LogP contribution in [0.1, 0.15) is 25.8 Å². The number of hydrogen-bond acceptors (Lipinski definition) is 5. The third-order valence-electron chi connectivity index (χ3n) is 6.33. The number of likely N-dealkylation sites (N-methyl/N-ethyl adjacent to an activating group) is 1. The molecule has 1 fully saturated rings. The minimum absolute atomic E-state index is 0.0629. The molecule has 0 saturated carbocycles. The molecule has 2 aromatic carbocycles. The van der Waals surface area contributed by atoms with Crippen molar-refractivity contribution in [1.29, 1.82) is 0 Å². The number of aryl methyl sites for hydroxylation is 2. The van der Waals surface area contributed by atoms with E-state index in [2.05, 4.69) is 11.8 Å². The third kappa shape index (κ3) is 4.42. The van der Waals surface area contributed by atoms with E-state index in [4.69, 9.17) is 0 Å². The van der Waals surface area contributed by atoms with Gasteiger partial charge in [-0.25, -0.2) is 12.8 Å². The molecule has 33 heavy (non-hydrogen) atoms. The maximum absolute atomic E-state index is 15.2. The summed E-state index contributed by atoms with van der Waals surface area (Å²) >= 11 is 0. The average Bonchev–Trinajstić information content (AvgIpc) is 2.81. The van der Waals surface area contributed by atoms with Crippen LogP contribution in [0.3, 0.4) is 0 Å². The second kappa shape index (κ2) is 9.27. The fourth-order valence-electron chi connectivity index (χ4n) is 4.45. The van der Waals surface area contributed by atoms with Gasteiger partial charge in [-0.3, -0.25) is 4.79 Å². The lowest BCUT2D eigenvalue weighted by molar-refractivity contribution is 0.270. The van der Waals surface area contributed by atoms with Crippen LogP contribution in [-0.2, 0) is 16.4 Å². The van der Waals surface area contributed by atoms with Crippen LogP contribution < -0.4 is 10.3 Å². The van der Waals surface area contributed by atoms with Crippen molar-refractivity contribution in [3.8, 4) is 0 Å². The molecule has 1 saturated heterocycles. The van der Waals surface area contributed by atoms with E-state index in [-0.39, 0.29) is 15.2 Å². The number of hydrogen-bond donors (Lipinski definition) is 0. The second-order valence-electron chi connectivity index (χ2n) is 8.58. The fraction of sp³-hybridized carbons (Fsp3) is 0.400. The lowest BCUT2D eigenvalue weighted by Crippen LogP contribution is -2.46. The van der Waals surface area contributed by atoms with Crippen molar-refractivity contribution in [3.63, 3.8) is 0 Å². The third-order valence-corrected chi connectivity index (χ3v) is 8.07. The minimum Gasteiger partial charge on any atom is -0.367 e. The summed E-state index contributed by atoms with van der Waals surface area (Å²) in [6.07, 6.45) is 2.16. The van der Waals surface area contributed by atoms with Crippen LogP contribution in [-0.4, -0.2) is 50.6 Å². The predicted molar refractivity (Wildman–Crippen MR) is 129 cm³/mol. The molecule has 6 nitrogen and oxygen atoms in total. The number of pyridine rings is 1. The van der Waals surface area contributed by atoms with Gasteiger partial charge in [0.25, 0.3) is 0 Å². The molecule has 0 aliphatic carbocycles. The highest BCUT2D eigenvalue weighted by Gasteiger charge is 2.26. The Morgan fingerprint density at radius 2 is 1.76 bits per heavy atom. The lowest BCUT2D eigenvalue weighted by atomic mass is 10.1. The van der Waals surface area contributed by atoms with Gasteiger partial charge in [-0.15, -0.1) is 0 Å². The molecule has 176 valence electrons. The molecular weight excluding hydrogens is 441 g/mol. The molecule has 4 rings (SSSR count). The predicted octanol–water partition coefficient (Wildman–Crippen LogP) is 3.83. The first-order valence-corrected chi connectivity index (χ1v) is 12.9. The first-order valence-electron chi connectivity index (χ1n) is 11.4. The van der Waals surface area contributed by atoms with E-state index in [9.17, 15) is 13.2 Å². The number of nitrogens with zero attached hydrogens (tertiary/aromatic N) is 3. The van der Waals surface area contributed by atoms with Crippen LogP contribution in [0.5, 0.6) is 0 Å². The number of sulfone groups is 1. The summed E-state index contributed by atoms with van der Waals surface area (Å²) in [6.45, 7) is 10.5. The zero-order chi connectivity index (χ0) is 23.8. The Balaban J connectivity index is 1.87. The van der Waals surface area contributed by atoms with E-state index >= 15 is 4.39 Å². The van der Waals surface area contributed by atoms with Gasteiger partial charge in [0.05, 0.1) is 21.5 Å². The standard InChI is InChI=1S/C25H30FN3O3S/c1-4-9-29-17-24(33(31,32)19-8-6-7-18(3)14-19)25(30)20-15-21(26)23(16-22(20)29)28-12-10-27(5-2)11-13-28/h6-8,14-17H,4-5,9-13H2,1-3H3. The highest BCUT2D eigenvalue weighted by atomic mass is 32.2. The molecular formula is C25H30FN3O3S. The summed E-state index contributed by atoms with van der Waals surface area (Å²) < 4.78 is 43.7. The van der Waals surface area contributed by atoms with E-state index in [1.807, 2.05) is 11.8 Å². The summed E-state index contributed by atoms with van der Waals surface area (Å²) in [7, 11) is -4.05. The van der Waals surface area contributed by atoms with Gasteiger partial charge in [0, 0.05) is 38.9 Å². The smallest absolute Gasteiger partial charge is 0.211 e. The van der Waals surface area contributed by atoms with Gasteiger partial charge < -0.3 is 14.4 Å². The second-order valence-corrected chi connectivity index (χ2v) is 10.5. The molecule has 1 aromatic heterocycles. The first-order chi connectivity index (χ1) is 15.8. The molecule has 0 spiro atoms. The Hall–Kier alpha value is -2.71. The molecule has 0 unspecified atom stereocenters. The largest absolute Gasteiger partial charge is 0.367 e. The van der Waals surface area contributed by atoms with Crippen LogP contribution in [0.25, 0.3) is 10.9 Å². The van der Waals surface area contributed by atoms with Crippen LogP contribution in [0.4, 0.5) is 10.1 Å². The Kier molecular flexibility index (Phi) is 6.59. The molecule has 0 radical (unpaired) electrons. The highest BCUT2D eigenvalue weighted by molar-refractivity contribution is 7.91. The summed E-state index contributed by atoms with van der Waals surface area (Å²) in [5.74, 6) is -0.502. The molecule has 0 amide bonds.